The van der Waals surface area contributed by atoms with Crippen molar-refractivity contribution in [2.75, 3.05) is 32.8 Å². The summed E-state index contributed by atoms with van der Waals surface area (Å²) in [6.45, 7) is 3.87. The van der Waals surface area contributed by atoms with Gasteiger partial charge in [-0.3, -0.25) is 19.5 Å². The first kappa shape index (κ1) is 42.0. The average Bonchev–Trinajstić information content (AvgIpc) is 3.77. The Labute approximate surface area is 362 Å². The number of benzene rings is 5. The minimum Gasteiger partial charge on any atom is -0.494 e. The Kier molecular flexibility index (Phi) is 12.8. The van der Waals surface area contributed by atoms with Crippen LogP contribution in [0.2, 0.25) is 5.02 Å². The number of amides is 2. The molecule has 13 heteroatoms. The van der Waals surface area contributed by atoms with E-state index in [0.717, 1.165) is 46.0 Å². The molecule has 5 aromatic carbocycles. The van der Waals surface area contributed by atoms with E-state index in [2.05, 4.69) is 26.5 Å². The van der Waals surface area contributed by atoms with Crippen molar-refractivity contribution in [3.05, 3.63) is 170 Å². The lowest BCUT2D eigenvalue weighted by molar-refractivity contribution is -0.132. The van der Waals surface area contributed by atoms with Gasteiger partial charge in [-0.15, -0.1) is 0 Å². The molecular weight excluding hydrogens is 810 g/mol. The molecule has 7 aromatic rings. The van der Waals surface area contributed by atoms with Gasteiger partial charge in [-0.1, -0.05) is 67.1 Å². The highest BCUT2D eigenvalue weighted by Crippen LogP contribution is 2.37. The molecule has 1 aliphatic heterocycles. The highest BCUT2D eigenvalue weighted by Gasteiger charge is 2.27. The van der Waals surface area contributed by atoms with Crippen LogP contribution in [0, 0.1) is 11.6 Å². The van der Waals surface area contributed by atoms with Crippen LogP contribution >= 0.6 is 11.6 Å². The standard InChI is InChI=1S/C49H45ClF2N6O4/c1-2-37(38-18-15-35(50)29-43(38)52)47(33-14-20-44-34(28-33)30-53-54-44)32-12-16-36(17-13-32)62-25-7-3-4-10-46(59)57-21-23-58(24-22-57)49(61)41-26-31(11-19-42(41)51)27-45-39-8-5-6-9-40(39)48(60)56-55-45/h5-6,8-9,11-20,26,28-30H,2-4,7,10,21-25,27H2,1H3,(H,53,54)(H,56,60). The van der Waals surface area contributed by atoms with Gasteiger partial charge < -0.3 is 14.5 Å². The number of ether oxygens (including phenoxy) is 1. The fraction of sp³-hybridized carbons (Fsp3) is 0.245. The van der Waals surface area contributed by atoms with Gasteiger partial charge in [-0.2, -0.15) is 10.2 Å². The fourth-order valence-corrected chi connectivity index (χ4v) is 8.30. The third kappa shape index (κ3) is 9.30. The number of piperazine rings is 1. The van der Waals surface area contributed by atoms with Gasteiger partial charge in [-0.25, -0.2) is 13.9 Å². The van der Waals surface area contributed by atoms with Crippen LogP contribution in [-0.4, -0.2) is 74.8 Å². The van der Waals surface area contributed by atoms with Gasteiger partial charge in [0.15, 0.2) is 0 Å². The number of unbranched alkanes of at least 4 members (excludes halogenated alkanes) is 2. The van der Waals surface area contributed by atoms with Crippen LogP contribution in [-0.2, 0) is 11.2 Å². The molecular formula is C49H45ClF2N6O4. The van der Waals surface area contributed by atoms with Gasteiger partial charge in [0.1, 0.15) is 17.4 Å². The fourth-order valence-electron chi connectivity index (χ4n) is 8.15. The van der Waals surface area contributed by atoms with Gasteiger partial charge in [0.2, 0.25) is 5.91 Å². The summed E-state index contributed by atoms with van der Waals surface area (Å²) in [5.74, 6) is -0.671. The smallest absolute Gasteiger partial charge is 0.272 e. The lowest BCUT2D eigenvalue weighted by atomic mass is 9.87. The van der Waals surface area contributed by atoms with Crippen LogP contribution in [0.1, 0.15) is 77.3 Å². The van der Waals surface area contributed by atoms with Crippen LogP contribution < -0.4 is 10.3 Å². The van der Waals surface area contributed by atoms with Crippen LogP contribution in [0.5, 0.6) is 5.75 Å². The SMILES string of the molecule is CCC(=C(c1ccc(OCCCCCC(=O)N2CCN(C(=O)c3cc(Cc4n[nH]c(=O)c5ccccc45)ccc3F)CC2)cc1)c1ccc2[nH]ncc2c1)c1ccc(Cl)cc1F. The van der Waals surface area contributed by atoms with Crippen molar-refractivity contribution in [3.63, 3.8) is 0 Å². The zero-order valence-electron chi connectivity index (χ0n) is 34.2. The number of fused-ring (bicyclic) bond motifs is 2. The summed E-state index contributed by atoms with van der Waals surface area (Å²) in [5.41, 5.74) is 6.02. The van der Waals surface area contributed by atoms with Crippen LogP contribution in [0.15, 0.2) is 114 Å². The number of allylic oxidation sites excluding steroid dienone is 1. The number of carbonyl (C=O) groups is 2. The summed E-state index contributed by atoms with van der Waals surface area (Å²) < 4.78 is 36.4. The van der Waals surface area contributed by atoms with E-state index in [4.69, 9.17) is 16.3 Å². The monoisotopic (exact) mass is 854 g/mol. The molecule has 0 bridgehead atoms. The van der Waals surface area contributed by atoms with Gasteiger partial charge >= 0.3 is 0 Å². The lowest BCUT2D eigenvalue weighted by Gasteiger charge is -2.35. The number of H-pyrrole nitrogens is 2. The van der Waals surface area contributed by atoms with E-state index >= 15 is 4.39 Å². The second-order valence-corrected chi connectivity index (χ2v) is 15.8. The molecule has 0 aliphatic carbocycles. The second kappa shape index (κ2) is 18.9. The van der Waals surface area contributed by atoms with Gasteiger partial charge in [0, 0.05) is 60.4 Å². The van der Waals surface area contributed by atoms with Gasteiger partial charge in [-0.05, 0) is 108 Å². The normalized spacial score (nSPS) is 13.4. The Bertz CT molecular complexity index is 2850. The number of carbonyl (C=O) groups excluding carboxylic acids is 2. The molecule has 0 saturated carbocycles. The Morgan fingerprint density at radius 3 is 2.31 bits per heavy atom. The molecule has 316 valence electrons. The predicted octanol–water partition coefficient (Wildman–Crippen LogP) is 9.61. The molecule has 0 radical (unpaired) electrons. The number of nitrogens with one attached hydrogen (secondary N) is 2. The summed E-state index contributed by atoms with van der Waals surface area (Å²) in [6, 6.07) is 30.2. The number of aromatic nitrogens is 4. The van der Waals surface area contributed by atoms with E-state index in [1.165, 1.54) is 12.1 Å². The topological polar surface area (TPSA) is 124 Å². The molecule has 62 heavy (non-hydrogen) atoms. The van der Waals surface area contributed by atoms with Gasteiger partial charge in [0.05, 0.1) is 35.0 Å². The quantitative estimate of drug-likeness (QED) is 0.0830. The molecule has 10 nitrogen and oxygen atoms in total. The first-order valence-electron chi connectivity index (χ1n) is 20.8. The second-order valence-electron chi connectivity index (χ2n) is 15.4. The molecule has 1 saturated heterocycles. The number of aromatic amines is 2. The van der Waals surface area contributed by atoms with Crippen molar-refractivity contribution in [1.29, 1.82) is 0 Å². The predicted molar refractivity (Wildman–Crippen MR) is 238 cm³/mol. The highest BCUT2D eigenvalue weighted by atomic mass is 35.5. The molecule has 2 aromatic heterocycles. The van der Waals surface area contributed by atoms with E-state index < -0.39 is 11.7 Å². The number of rotatable bonds is 14. The minimum atomic E-state index is -0.614. The largest absolute Gasteiger partial charge is 0.494 e. The Morgan fingerprint density at radius 1 is 0.774 bits per heavy atom. The van der Waals surface area contributed by atoms with Crippen molar-refractivity contribution in [2.45, 2.75) is 45.4 Å². The van der Waals surface area contributed by atoms with Crippen molar-refractivity contribution in [2.24, 2.45) is 0 Å². The molecule has 8 rings (SSSR count). The van der Waals surface area contributed by atoms with Gasteiger partial charge in [0.25, 0.3) is 11.5 Å². The van der Waals surface area contributed by atoms with Crippen molar-refractivity contribution < 1.29 is 23.1 Å². The molecule has 0 atom stereocenters. The third-order valence-electron chi connectivity index (χ3n) is 11.4. The molecule has 2 amide bonds. The highest BCUT2D eigenvalue weighted by molar-refractivity contribution is 6.30. The molecule has 3 heterocycles. The summed E-state index contributed by atoms with van der Waals surface area (Å²) in [7, 11) is 0. The van der Waals surface area contributed by atoms with Crippen molar-refractivity contribution in [1.82, 2.24) is 30.2 Å². The minimum absolute atomic E-state index is 0.0307. The summed E-state index contributed by atoms with van der Waals surface area (Å²) >= 11 is 6.11. The maximum absolute atomic E-state index is 15.3. The average molecular weight is 855 g/mol. The number of hydrogen-bond donors (Lipinski definition) is 2. The summed E-state index contributed by atoms with van der Waals surface area (Å²) in [4.78, 5) is 42.1. The molecule has 0 unspecified atom stereocenters. The van der Waals surface area contributed by atoms with E-state index in [1.54, 1.807) is 52.4 Å². The van der Waals surface area contributed by atoms with Crippen molar-refractivity contribution >= 4 is 56.2 Å². The van der Waals surface area contributed by atoms with Crippen molar-refractivity contribution in [3.8, 4) is 5.75 Å². The van der Waals surface area contributed by atoms with Crippen LogP contribution in [0.25, 0.3) is 32.8 Å². The summed E-state index contributed by atoms with van der Waals surface area (Å²) in [6.07, 6.45) is 5.33. The van der Waals surface area contributed by atoms with E-state index in [1.807, 2.05) is 55.5 Å². The number of nitrogens with zero attached hydrogens (tertiary/aromatic N) is 4. The molecule has 2 N–H and O–H groups in total. The van der Waals surface area contributed by atoms with E-state index in [0.29, 0.717) is 96.8 Å². The Morgan fingerprint density at radius 2 is 1.53 bits per heavy atom. The lowest BCUT2D eigenvalue weighted by Crippen LogP contribution is -2.50. The maximum atomic E-state index is 15.3. The number of halogens is 3. The van der Waals surface area contributed by atoms with Crippen LogP contribution in [0.3, 0.4) is 0 Å². The molecule has 0 spiro atoms. The van der Waals surface area contributed by atoms with E-state index in [9.17, 15) is 18.8 Å². The first-order valence-corrected chi connectivity index (χ1v) is 21.2. The molecule has 1 fully saturated rings. The zero-order valence-corrected chi connectivity index (χ0v) is 35.0. The van der Waals surface area contributed by atoms with E-state index in [-0.39, 0.29) is 22.8 Å². The summed E-state index contributed by atoms with van der Waals surface area (Å²) in [5, 5.41) is 16.4. The Balaban J connectivity index is 0.812. The zero-order chi connectivity index (χ0) is 43.2. The maximum Gasteiger partial charge on any atom is 0.272 e. The number of hydrogen-bond acceptors (Lipinski definition) is 6. The first-order chi connectivity index (χ1) is 30.2. The third-order valence-corrected chi connectivity index (χ3v) is 11.6. The Hall–Kier alpha value is -6.66. The van der Waals surface area contributed by atoms with Crippen LogP contribution in [0.4, 0.5) is 8.78 Å². The molecule has 1 aliphatic rings.